The number of oxazole rings is 1. The number of nitrogens with zero attached hydrogens (tertiary/aromatic N) is 1. The van der Waals surface area contributed by atoms with Gasteiger partial charge in [0.25, 0.3) is 5.91 Å². The molecule has 1 atom stereocenters. The molecular formula is C21H18N4O6. The minimum atomic E-state index is -0.874. The van der Waals surface area contributed by atoms with Crippen molar-refractivity contribution in [3.63, 3.8) is 0 Å². The highest BCUT2D eigenvalue weighted by Crippen LogP contribution is 2.24. The van der Waals surface area contributed by atoms with Crippen LogP contribution < -0.4 is 21.9 Å². The fourth-order valence-electron chi connectivity index (χ4n) is 3.43. The molecule has 0 aliphatic carbocycles. The van der Waals surface area contributed by atoms with Gasteiger partial charge in [-0.25, -0.2) is 4.79 Å². The first kappa shape index (κ1) is 20.1. The van der Waals surface area contributed by atoms with E-state index >= 15 is 0 Å². The van der Waals surface area contributed by atoms with E-state index in [1.165, 1.54) is 10.6 Å². The van der Waals surface area contributed by atoms with E-state index in [1.54, 1.807) is 42.5 Å². The first-order chi connectivity index (χ1) is 14.9. The van der Waals surface area contributed by atoms with E-state index in [-0.39, 0.29) is 24.8 Å². The molecule has 2 aromatic carbocycles. The number of benzene rings is 2. The Morgan fingerprint density at radius 2 is 1.84 bits per heavy atom. The van der Waals surface area contributed by atoms with Crippen LogP contribution in [0.5, 0.6) is 0 Å². The molecule has 0 saturated carbocycles. The maximum atomic E-state index is 12.3. The van der Waals surface area contributed by atoms with E-state index < -0.39 is 35.4 Å². The average molecular weight is 422 g/mol. The van der Waals surface area contributed by atoms with Crippen LogP contribution in [0, 0.1) is 0 Å². The zero-order valence-electron chi connectivity index (χ0n) is 16.2. The van der Waals surface area contributed by atoms with Gasteiger partial charge in [-0.1, -0.05) is 24.3 Å². The quantitative estimate of drug-likeness (QED) is 0.415. The number of piperidine rings is 1. The summed E-state index contributed by atoms with van der Waals surface area (Å²) in [4.78, 5) is 60.2. The number of rotatable bonds is 4. The lowest BCUT2D eigenvalue weighted by molar-refractivity contribution is -0.135. The first-order valence-electron chi connectivity index (χ1n) is 9.54. The molecule has 1 saturated heterocycles. The van der Waals surface area contributed by atoms with Crippen LogP contribution in [0.1, 0.15) is 34.8 Å². The Kier molecular flexibility index (Phi) is 5.35. The van der Waals surface area contributed by atoms with Gasteiger partial charge in [-0.2, -0.15) is 0 Å². The SMILES string of the molecule is O=C(Cc1ccc2oc(=O)n(C3CCC(=O)NC3=O)c2c1)NNC(=O)c1ccccc1. The summed E-state index contributed by atoms with van der Waals surface area (Å²) >= 11 is 0. The molecule has 3 N–H and O–H groups in total. The monoisotopic (exact) mass is 422 g/mol. The predicted molar refractivity (Wildman–Crippen MR) is 108 cm³/mol. The average Bonchev–Trinajstić information content (AvgIpc) is 3.08. The van der Waals surface area contributed by atoms with E-state index in [0.29, 0.717) is 16.6 Å². The van der Waals surface area contributed by atoms with Gasteiger partial charge in [0.2, 0.25) is 17.7 Å². The van der Waals surface area contributed by atoms with E-state index in [1.807, 2.05) is 0 Å². The van der Waals surface area contributed by atoms with Crippen molar-refractivity contribution in [2.45, 2.75) is 25.3 Å². The number of hydrazine groups is 1. The van der Waals surface area contributed by atoms with Crippen LogP contribution in [0.4, 0.5) is 0 Å². The second kappa shape index (κ2) is 8.27. The fourth-order valence-corrected chi connectivity index (χ4v) is 3.43. The molecule has 1 fully saturated rings. The van der Waals surface area contributed by atoms with Crippen LogP contribution in [-0.4, -0.2) is 28.2 Å². The van der Waals surface area contributed by atoms with E-state index in [9.17, 15) is 24.0 Å². The molecular weight excluding hydrogens is 404 g/mol. The number of amides is 4. The Balaban J connectivity index is 1.49. The van der Waals surface area contributed by atoms with Crippen LogP contribution in [0.25, 0.3) is 11.1 Å². The smallest absolute Gasteiger partial charge is 0.408 e. The maximum absolute atomic E-state index is 12.3. The summed E-state index contributed by atoms with van der Waals surface area (Å²) in [5.74, 6) is -2.61. The van der Waals surface area contributed by atoms with Crippen molar-refractivity contribution in [3.8, 4) is 0 Å². The highest BCUT2D eigenvalue weighted by atomic mass is 16.4. The lowest BCUT2D eigenvalue weighted by atomic mass is 10.1. The van der Waals surface area contributed by atoms with Gasteiger partial charge < -0.3 is 4.42 Å². The lowest BCUT2D eigenvalue weighted by Gasteiger charge is -2.21. The lowest BCUT2D eigenvalue weighted by Crippen LogP contribution is -2.43. The molecule has 0 radical (unpaired) electrons. The van der Waals surface area contributed by atoms with Crippen molar-refractivity contribution in [2.75, 3.05) is 0 Å². The number of nitrogens with one attached hydrogen (secondary N) is 3. The molecule has 10 nitrogen and oxygen atoms in total. The van der Waals surface area contributed by atoms with Gasteiger partial charge in [-0.3, -0.25) is 39.9 Å². The van der Waals surface area contributed by atoms with Gasteiger partial charge in [0.1, 0.15) is 6.04 Å². The number of hydrogen-bond acceptors (Lipinski definition) is 6. The van der Waals surface area contributed by atoms with Gasteiger partial charge in [0, 0.05) is 12.0 Å². The highest BCUT2D eigenvalue weighted by Gasteiger charge is 2.31. The molecule has 1 aliphatic heterocycles. The van der Waals surface area contributed by atoms with Crippen molar-refractivity contribution < 1.29 is 23.6 Å². The molecule has 4 rings (SSSR count). The van der Waals surface area contributed by atoms with Gasteiger partial charge in [-0.05, 0) is 36.2 Å². The molecule has 0 spiro atoms. The standard InChI is InChI=1S/C21H18N4O6/c26-17-9-7-14(20(29)22-17)25-15-10-12(6-8-16(15)31-21(25)30)11-18(27)23-24-19(28)13-4-2-1-3-5-13/h1-6,8,10,14H,7,9,11H2,(H,23,27)(H,24,28)(H,22,26,29). The molecule has 1 unspecified atom stereocenters. The van der Waals surface area contributed by atoms with Gasteiger partial charge >= 0.3 is 5.76 Å². The Hall–Kier alpha value is -4.21. The summed E-state index contributed by atoms with van der Waals surface area (Å²) in [5.41, 5.74) is 6.22. The van der Waals surface area contributed by atoms with Crippen LogP contribution >= 0.6 is 0 Å². The van der Waals surface area contributed by atoms with Gasteiger partial charge in [-0.15, -0.1) is 0 Å². The molecule has 158 valence electrons. The topological polar surface area (TPSA) is 140 Å². The normalized spacial score (nSPS) is 16.1. The van der Waals surface area contributed by atoms with Crippen LogP contribution in [-0.2, 0) is 20.8 Å². The van der Waals surface area contributed by atoms with Gasteiger partial charge in [0.05, 0.1) is 11.9 Å². The second-order valence-corrected chi connectivity index (χ2v) is 7.05. The summed E-state index contributed by atoms with van der Waals surface area (Å²) in [7, 11) is 0. The Morgan fingerprint density at radius 1 is 1.06 bits per heavy atom. The van der Waals surface area contributed by atoms with E-state index in [2.05, 4.69) is 16.2 Å². The molecule has 1 aliphatic rings. The Labute approximate surface area is 175 Å². The minimum Gasteiger partial charge on any atom is -0.408 e. The number of fused-ring (bicyclic) bond motifs is 1. The molecule has 0 bridgehead atoms. The largest absolute Gasteiger partial charge is 0.420 e. The first-order valence-corrected chi connectivity index (χ1v) is 9.54. The molecule has 10 heteroatoms. The van der Waals surface area contributed by atoms with Crippen molar-refractivity contribution in [3.05, 3.63) is 70.2 Å². The van der Waals surface area contributed by atoms with Gasteiger partial charge in [0.15, 0.2) is 5.58 Å². The van der Waals surface area contributed by atoms with Crippen molar-refractivity contribution in [1.29, 1.82) is 0 Å². The molecule has 2 heterocycles. The number of carbonyl (C=O) groups excluding carboxylic acids is 4. The van der Waals surface area contributed by atoms with Crippen LogP contribution in [0.15, 0.2) is 57.7 Å². The third kappa shape index (κ3) is 4.22. The maximum Gasteiger partial charge on any atom is 0.420 e. The zero-order chi connectivity index (χ0) is 22.0. The van der Waals surface area contributed by atoms with Crippen LogP contribution in [0.3, 0.4) is 0 Å². The highest BCUT2D eigenvalue weighted by molar-refractivity contribution is 6.00. The van der Waals surface area contributed by atoms with E-state index in [4.69, 9.17) is 4.42 Å². The van der Waals surface area contributed by atoms with Crippen molar-refractivity contribution >= 4 is 34.7 Å². The third-order valence-electron chi connectivity index (χ3n) is 4.91. The summed E-state index contributed by atoms with van der Waals surface area (Å²) in [5, 5.41) is 2.21. The molecule has 4 amide bonds. The van der Waals surface area contributed by atoms with Crippen LogP contribution in [0.2, 0.25) is 0 Å². The summed E-state index contributed by atoms with van der Waals surface area (Å²) in [6, 6.07) is 12.3. The molecule has 3 aromatic rings. The number of hydrogen-bond donors (Lipinski definition) is 3. The minimum absolute atomic E-state index is 0.0836. The number of carbonyl (C=O) groups is 4. The van der Waals surface area contributed by atoms with Crippen molar-refractivity contribution in [2.24, 2.45) is 0 Å². The Bertz CT molecular complexity index is 1240. The number of aromatic nitrogens is 1. The molecule has 31 heavy (non-hydrogen) atoms. The van der Waals surface area contributed by atoms with Crippen molar-refractivity contribution in [1.82, 2.24) is 20.7 Å². The molecule has 1 aromatic heterocycles. The summed E-state index contributed by atoms with van der Waals surface area (Å²) in [6.45, 7) is 0. The predicted octanol–water partition coefficient (Wildman–Crippen LogP) is 0.576. The third-order valence-corrected chi connectivity index (χ3v) is 4.91. The summed E-state index contributed by atoms with van der Waals surface area (Å²) in [6.07, 6.45) is 0.202. The zero-order valence-corrected chi connectivity index (χ0v) is 16.2. The Morgan fingerprint density at radius 3 is 2.58 bits per heavy atom. The van der Waals surface area contributed by atoms with E-state index in [0.717, 1.165) is 0 Å². The number of imide groups is 1. The fraction of sp³-hybridized carbons (Fsp3) is 0.190. The summed E-state index contributed by atoms with van der Waals surface area (Å²) < 4.78 is 6.39. The second-order valence-electron chi connectivity index (χ2n) is 7.05.